The first-order valence-corrected chi connectivity index (χ1v) is 9.99. The number of hydrogen-bond acceptors (Lipinski definition) is 2. The molecule has 0 spiro atoms. The van der Waals surface area contributed by atoms with Crippen molar-refractivity contribution in [3.8, 4) is 0 Å². The van der Waals surface area contributed by atoms with Crippen molar-refractivity contribution in [2.45, 2.75) is 90.1 Å². The maximum atomic E-state index is 11.8. The van der Waals surface area contributed by atoms with Crippen molar-refractivity contribution in [2.75, 3.05) is 0 Å². The number of fused-ring (bicyclic) bond motifs is 4. The molecule has 0 heterocycles. The van der Waals surface area contributed by atoms with E-state index in [-0.39, 0.29) is 5.41 Å². The van der Waals surface area contributed by atoms with Gasteiger partial charge in [-0.1, -0.05) is 25.0 Å². The van der Waals surface area contributed by atoms with Crippen LogP contribution in [0.3, 0.4) is 0 Å². The molecular formula is C21H32O2. The molecule has 4 aliphatic rings. The van der Waals surface area contributed by atoms with E-state index in [1.165, 1.54) is 31.3 Å². The lowest BCUT2D eigenvalue weighted by Crippen LogP contribution is -2.52. The molecule has 0 aromatic carbocycles. The average Bonchev–Trinajstić information content (AvgIpc) is 2.88. The van der Waals surface area contributed by atoms with E-state index in [2.05, 4.69) is 13.8 Å². The number of carbonyl (C=O) groups is 1. The maximum absolute atomic E-state index is 11.8. The lowest BCUT2D eigenvalue weighted by molar-refractivity contribution is -0.123. The SMILES string of the molecule is CC[C@]1(O)CC[C@H]2[C@@H]3CCC4=C(CCC(=O)C4)[C@H]3CC[C@@]21CC. The van der Waals surface area contributed by atoms with Gasteiger partial charge < -0.3 is 5.11 Å². The first kappa shape index (κ1) is 15.9. The first-order chi connectivity index (χ1) is 11.0. The Kier molecular flexibility index (Phi) is 3.75. The minimum Gasteiger partial charge on any atom is -0.389 e. The Balaban J connectivity index is 1.67. The zero-order chi connectivity index (χ0) is 16.2. The van der Waals surface area contributed by atoms with E-state index >= 15 is 0 Å². The highest BCUT2D eigenvalue weighted by Gasteiger charge is 2.62. The third-order valence-electron chi connectivity index (χ3n) is 8.42. The predicted molar refractivity (Wildman–Crippen MR) is 92.0 cm³/mol. The van der Waals surface area contributed by atoms with Crippen LogP contribution in [0.25, 0.3) is 0 Å². The molecule has 0 saturated heterocycles. The molecule has 0 aliphatic heterocycles. The zero-order valence-corrected chi connectivity index (χ0v) is 14.9. The topological polar surface area (TPSA) is 37.3 Å². The van der Waals surface area contributed by atoms with Crippen LogP contribution in [0.5, 0.6) is 0 Å². The van der Waals surface area contributed by atoms with Crippen molar-refractivity contribution >= 4 is 5.78 Å². The fourth-order valence-electron chi connectivity index (χ4n) is 7.27. The highest BCUT2D eigenvalue weighted by atomic mass is 16.3. The van der Waals surface area contributed by atoms with Crippen molar-refractivity contribution in [1.29, 1.82) is 0 Å². The summed E-state index contributed by atoms with van der Waals surface area (Å²) in [6, 6.07) is 0. The number of allylic oxidation sites excluding steroid dienone is 2. The van der Waals surface area contributed by atoms with E-state index in [0.717, 1.165) is 56.8 Å². The molecule has 128 valence electrons. The molecule has 4 rings (SSSR count). The lowest BCUT2D eigenvalue weighted by atomic mass is 9.50. The molecule has 0 bridgehead atoms. The van der Waals surface area contributed by atoms with Crippen molar-refractivity contribution in [1.82, 2.24) is 0 Å². The summed E-state index contributed by atoms with van der Waals surface area (Å²) in [7, 11) is 0. The summed E-state index contributed by atoms with van der Waals surface area (Å²) in [4.78, 5) is 11.8. The molecule has 4 aliphatic carbocycles. The third-order valence-corrected chi connectivity index (χ3v) is 8.42. The molecule has 2 nitrogen and oxygen atoms in total. The largest absolute Gasteiger partial charge is 0.389 e. The summed E-state index contributed by atoms with van der Waals surface area (Å²) in [5, 5.41) is 11.3. The summed E-state index contributed by atoms with van der Waals surface area (Å²) in [5.74, 6) is 2.68. The van der Waals surface area contributed by atoms with E-state index in [1.807, 2.05) is 0 Å². The van der Waals surface area contributed by atoms with Crippen LogP contribution in [0, 0.1) is 23.2 Å². The number of rotatable bonds is 2. The molecule has 0 amide bonds. The Labute approximate surface area is 140 Å². The zero-order valence-electron chi connectivity index (χ0n) is 14.9. The monoisotopic (exact) mass is 316 g/mol. The second-order valence-electron chi connectivity index (χ2n) is 8.73. The molecule has 0 aromatic heterocycles. The number of ketones is 1. The summed E-state index contributed by atoms with van der Waals surface area (Å²) in [6.07, 6.45) is 11.7. The van der Waals surface area contributed by atoms with Gasteiger partial charge in [0.15, 0.2) is 0 Å². The van der Waals surface area contributed by atoms with Crippen LogP contribution < -0.4 is 0 Å². The Morgan fingerprint density at radius 2 is 1.87 bits per heavy atom. The van der Waals surface area contributed by atoms with Gasteiger partial charge in [0.1, 0.15) is 5.78 Å². The highest BCUT2D eigenvalue weighted by Crippen LogP contribution is 2.66. The summed E-state index contributed by atoms with van der Waals surface area (Å²) in [6.45, 7) is 4.49. The number of hydrogen-bond donors (Lipinski definition) is 1. The minimum atomic E-state index is -0.422. The molecule has 0 aromatic rings. The van der Waals surface area contributed by atoms with Gasteiger partial charge in [-0.05, 0) is 75.5 Å². The van der Waals surface area contributed by atoms with Gasteiger partial charge in [-0.3, -0.25) is 4.79 Å². The van der Waals surface area contributed by atoms with Gasteiger partial charge in [0, 0.05) is 18.3 Å². The fraction of sp³-hybridized carbons (Fsp3) is 0.857. The maximum Gasteiger partial charge on any atom is 0.137 e. The second kappa shape index (κ2) is 5.44. The molecule has 23 heavy (non-hydrogen) atoms. The molecule has 1 N–H and O–H groups in total. The fourth-order valence-corrected chi connectivity index (χ4v) is 7.27. The summed E-state index contributed by atoms with van der Waals surface area (Å²) < 4.78 is 0. The molecule has 2 heteroatoms. The van der Waals surface area contributed by atoms with Gasteiger partial charge in [0.2, 0.25) is 0 Å². The first-order valence-electron chi connectivity index (χ1n) is 9.99. The average molecular weight is 316 g/mol. The Hall–Kier alpha value is -0.630. The van der Waals surface area contributed by atoms with Crippen molar-refractivity contribution in [3.05, 3.63) is 11.1 Å². The Morgan fingerprint density at radius 1 is 1.04 bits per heavy atom. The predicted octanol–water partition coefficient (Wildman–Crippen LogP) is 4.80. The Bertz CT molecular complexity index is 548. The van der Waals surface area contributed by atoms with E-state index < -0.39 is 5.60 Å². The molecule has 0 radical (unpaired) electrons. The van der Waals surface area contributed by atoms with Crippen LogP contribution in [0.15, 0.2) is 11.1 Å². The van der Waals surface area contributed by atoms with Gasteiger partial charge in [-0.15, -0.1) is 0 Å². The van der Waals surface area contributed by atoms with Gasteiger partial charge in [0.05, 0.1) is 5.60 Å². The number of Topliss-reactive ketones (excluding diaryl/α,β-unsaturated/α-hetero) is 1. The highest BCUT2D eigenvalue weighted by molar-refractivity contribution is 5.82. The molecule has 0 unspecified atom stereocenters. The number of aliphatic hydroxyl groups is 1. The van der Waals surface area contributed by atoms with Crippen LogP contribution >= 0.6 is 0 Å². The summed E-state index contributed by atoms with van der Waals surface area (Å²) in [5.41, 5.74) is 2.94. The van der Waals surface area contributed by atoms with Crippen LogP contribution in [0.1, 0.15) is 84.5 Å². The van der Waals surface area contributed by atoms with E-state index in [4.69, 9.17) is 0 Å². The standard InChI is InChI=1S/C21H32O2/c1-3-20-11-9-17-16-8-6-15(22)13-14(16)5-7-18(17)19(20)10-12-21(20,23)4-2/h17-19,23H,3-13H2,1-2H3/t17-,18-,19+,20+,21+/m1/s1. The molecule has 2 fully saturated rings. The van der Waals surface area contributed by atoms with E-state index in [9.17, 15) is 9.90 Å². The van der Waals surface area contributed by atoms with Gasteiger partial charge in [-0.25, -0.2) is 0 Å². The van der Waals surface area contributed by atoms with E-state index in [1.54, 1.807) is 5.57 Å². The smallest absolute Gasteiger partial charge is 0.137 e. The van der Waals surface area contributed by atoms with Gasteiger partial charge in [0.25, 0.3) is 0 Å². The van der Waals surface area contributed by atoms with Crippen LogP contribution in [0.4, 0.5) is 0 Å². The number of carbonyl (C=O) groups excluding carboxylic acids is 1. The lowest BCUT2D eigenvalue weighted by Gasteiger charge is -2.55. The van der Waals surface area contributed by atoms with E-state index in [0.29, 0.717) is 11.7 Å². The normalized spacial score (nSPS) is 46.4. The van der Waals surface area contributed by atoms with Crippen molar-refractivity contribution in [2.24, 2.45) is 23.2 Å². The summed E-state index contributed by atoms with van der Waals surface area (Å²) >= 11 is 0. The van der Waals surface area contributed by atoms with Gasteiger partial charge >= 0.3 is 0 Å². The van der Waals surface area contributed by atoms with Crippen molar-refractivity contribution < 1.29 is 9.90 Å². The third kappa shape index (κ3) is 2.06. The molecule has 5 atom stereocenters. The van der Waals surface area contributed by atoms with Crippen LogP contribution in [-0.4, -0.2) is 16.5 Å². The quantitative estimate of drug-likeness (QED) is 0.743. The van der Waals surface area contributed by atoms with Gasteiger partial charge in [-0.2, -0.15) is 0 Å². The van der Waals surface area contributed by atoms with Crippen LogP contribution in [0.2, 0.25) is 0 Å². The minimum absolute atomic E-state index is 0.172. The Morgan fingerprint density at radius 3 is 2.61 bits per heavy atom. The molecular weight excluding hydrogens is 284 g/mol. The van der Waals surface area contributed by atoms with Crippen molar-refractivity contribution in [3.63, 3.8) is 0 Å². The van der Waals surface area contributed by atoms with Crippen LogP contribution in [-0.2, 0) is 4.79 Å². The second-order valence-corrected chi connectivity index (χ2v) is 8.73. The molecule has 2 saturated carbocycles.